The second-order valence-corrected chi connectivity index (χ2v) is 6.27. The van der Waals surface area contributed by atoms with Crippen LogP contribution >= 0.6 is 0 Å². The van der Waals surface area contributed by atoms with E-state index >= 15 is 0 Å². The fourth-order valence-electron chi connectivity index (χ4n) is 2.59. The van der Waals surface area contributed by atoms with Crippen molar-refractivity contribution in [2.75, 3.05) is 31.6 Å². The highest BCUT2D eigenvalue weighted by molar-refractivity contribution is 6.04. The van der Waals surface area contributed by atoms with Gasteiger partial charge in [0.1, 0.15) is 6.61 Å². The van der Waals surface area contributed by atoms with Crippen molar-refractivity contribution in [3.63, 3.8) is 0 Å². The van der Waals surface area contributed by atoms with Crippen molar-refractivity contribution in [3.05, 3.63) is 65.2 Å². The maximum absolute atomic E-state index is 12.6. The molecule has 156 valence electrons. The third-order valence-electron chi connectivity index (χ3n) is 4.39. The number of nitrogens with zero attached hydrogens (tertiary/aromatic N) is 1. The molecular formula is C21H23F3N2O3. The predicted octanol–water partition coefficient (Wildman–Crippen LogP) is 4.46. The topological polar surface area (TPSA) is 58.6 Å². The first-order chi connectivity index (χ1) is 13.7. The molecule has 0 radical (unpaired) electrons. The van der Waals surface area contributed by atoms with Gasteiger partial charge in [-0.3, -0.25) is 4.79 Å². The van der Waals surface area contributed by atoms with Crippen molar-refractivity contribution in [3.8, 4) is 0 Å². The lowest BCUT2D eigenvalue weighted by atomic mass is 10.1. The standard InChI is InChI=1S/C21H23F3N2O3/c1-3-26(4-2)13-14-29-20(28)16-7-11-18(12-8-16)25-19(27)15-5-9-17(10-6-15)21(22,23)24/h5-12H,3-4,13-14H2,1-2H3,(H,25,27). The summed E-state index contributed by atoms with van der Waals surface area (Å²) in [5.74, 6) is -1.01. The third kappa shape index (κ3) is 6.60. The van der Waals surface area contributed by atoms with Gasteiger partial charge in [-0.15, -0.1) is 0 Å². The van der Waals surface area contributed by atoms with E-state index in [0.717, 1.165) is 37.4 Å². The summed E-state index contributed by atoms with van der Waals surface area (Å²) in [6.45, 7) is 6.75. The van der Waals surface area contributed by atoms with Crippen LogP contribution in [0.15, 0.2) is 48.5 Å². The number of nitrogens with one attached hydrogen (secondary N) is 1. The molecule has 2 rings (SSSR count). The number of anilines is 1. The van der Waals surface area contributed by atoms with E-state index in [4.69, 9.17) is 4.74 Å². The van der Waals surface area contributed by atoms with Crippen molar-refractivity contribution in [1.29, 1.82) is 0 Å². The van der Waals surface area contributed by atoms with Gasteiger partial charge in [-0.25, -0.2) is 4.79 Å². The van der Waals surface area contributed by atoms with Gasteiger partial charge in [0.15, 0.2) is 0 Å². The van der Waals surface area contributed by atoms with Gasteiger partial charge in [0.2, 0.25) is 0 Å². The average molecular weight is 408 g/mol. The molecule has 2 aromatic rings. The minimum Gasteiger partial charge on any atom is -0.461 e. The van der Waals surface area contributed by atoms with Crippen LogP contribution < -0.4 is 5.32 Å². The highest BCUT2D eigenvalue weighted by Crippen LogP contribution is 2.29. The fraction of sp³-hybridized carbons (Fsp3) is 0.333. The van der Waals surface area contributed by atoms with Crippen LogP contribution in [0.5, 0.6) is 0 Å². The number of benzene rings is 2. The maximum Gasteiger partial charge on any atom is 0.416 e. The summed E-state index contributed by atoms with van der Waals surface area (Å²) in [5.41, 5.74) is 0.0301. The number of carbonyl (C=O) groups excluding carboxylic acids is 2. The number of halogens is 3. The van der Waals surface area contributed by atoms with Gasteiger partial charge in [0.05, 0.1) is 11.1 Å². The van der Waals surface area contributed by atoms with Gasteiger partial charge < -0.3 is 15.0 Å². The molecule has 1 amide bonds. The largest absolute Gasteiger partial charge is 0.461 e. The summed E-state index contributed by atoms with van der Waals surface area (Å²) < 4.78 is 43.0. The Bertz CT molecular complexity index is 815. The molecule has 0 spiro atoms. The maximum atomic E-state index is 12.6. The highest BCUT2D eigenvalue weighted by atomic mass is 19.4. The number of hydrogen-bond donors (Lipinski definition) is 1. The molecule has 0 heterocycles. The van der Waals surface area contributed by atoms with Crippen LogP contribution in [0, 0.1) is 0 Å². The van der Waals surface area contributed by atoms with Gasteiger partial charge in [0.25, 0.3) is 5.91 Å². The molecule has 2 aromatic carbocycles. The zero-order valence-corrected chi connectivity index (χ0v) is 16.3. The van der Waals surface area contributed by atoms with Gasteiger partial charge in [-0.2, -0.15) is 13.2 Å². The van der Waals surface area contributed by atoms with E-state index in [1.165, 1.54) is 24.3 Å². The molecule has 0 atom stereocenters. The summed E-state index contributed by atoms with van der Waals surface area (Å²) in [6.07, 6.45) is -4.45. The second-order valence-electron chi connectivity index (χ2n) is 6.27. The van der Waals surface area contributed by atoms with Gasteiger partial charge in [0, 0.05) is 17.8 Å². The predicted molar refractivity (Wildman–Crippen MR) is 104 cm³/mol. The normalized spacial score (nSPS) is 11.4. The monoisotopic (exact) mass is 408 g/mol. The highest BCUT2D eigenvalue weighted by Gasteiger charge is 2.30. The SMILES string of the molecule is CCN(CC)CCOC(=O)c1ccc(NC(=O)c2ccc(C(F)(F)F)cc2)cc1. The molecule has 0 bridgehead atoms. The van der Waals surface area contributed by atoms with Crippen LogP contribution in [-0.4, -0.2) is 43.0 Å². The first kappa shape index (κ1) is 22.4. The van der Waals surface area contributed by atoms with Crippen molar-refractivity contribution >= 4 is 17.6 Å². The Kier molecular flexibility index (Phi) is 7.78. The molecule has 0 aliphatic carbocycles. The van der Waals surface area contributed by atoms with Gasteiger partial charge >= 0.3 is 12.1 Å². The quantitative estimate of drug-likeness (QED) is 0.656. The van der Waals surface area contributed by atoms with E-state index in [1.807, 2.05) is 13.8 Å². The number of ether oxygens (including phenoxy) is 1. The smallest absolute Gasteiger partial charge is 0.416 e. The first-order valence-corrected chi connectivity index (χ1v) is 9.22. The minimum absolute atomic E-state index is 0.0953. The summed E-state index contributed by atoms with van der Waals surface area (Å²) in [5, 5.41) is 2.58. The molecule has 8 heteroatoms. The Morgan fingerprint density at radius 3 is 2.00 bits per heavy atom. The lowest BCUT2D eigenvalue weighted by molar-refractivity contribution is -0.137. The number of esters is 1. The van der Waals surface area contributed by atoms with Crippen LogP contribution in [0.3, 0.4) is 0 Å². The molecule has 0 fully saturated rings. The molecule has 5 nitrogen and oxygen atoms in total. The summed E-state index contributed by atoms with van der Waals surface area (Å²) in [4.78, 5) is 26.4. The van der Waals surface area contributed by atoms with E-state index in [0.29, 0.717) is 17.8 Å². The third-order valence-corrected chi connectivity index (χ3v) is 4.39. The Morgan fingerprint density at radius 1 is 0.931 bits per heavy atom. The summed E-state index contributed by atoms with van der Waals surface area (Å²) in [7, 11) is 0. The molecule has 0 aliphatic heterocycles. The van der Waals surface area contributed by atoms with Crippen LogP contribution in [0.4, 0.5) is 18.9 Å². The zero-order valence-electron chi connectivity index (χ0n) is 16.3. The van der Waals surface area contributed by atoms with E-state index in [1.54, 1.807) is 0 Å². The van der Waals surface area contributed by atoms with Crippen LogP contribution in [0.2, 0.25) is 0 Å². The number of rotatable bonds is 8. The molecule has 0 saturated carbocycles. The molecule has 0 aromatic heterocycles. The van der Waals surface area contributed by atoms with E-state index < -0.39 is 23.6 Å². The van der Waals surface area contributed by atoms with Crippen LogP contribution in [0.25, 0.3) is 0 Å². The van der Waals surface area contributed by atoms with E-state index in [2.05, 4.69) is 10.2 Å². The molecule has 0 unspecified atom stereocenters. The van der Waals surface area contributed by atoms with Gasteiger partial charge in [-0.1, -0.05) is 13.8 Å². The summed E-state index contributed by atoms with van der Waals surface area (Å²) in [6, 6.07) is 10.0. The number of carbonyl (C=O) groups is 2. The van der Waals surface area contributed by atoms with E-state index in [-0.39, 0.29) is 12.2 Å². The number of hydrogen-bond acceptors (Lipinski definition) is 4. The number of amides is 1. The molecule has 0 aliphatic rings. The zero-order chi connectivity index (χ0) is 21.4. The second kappa shape index (κ2) is 10.1. The van der Waals surface area contributed by atoms with Gasteiger partial charge in [-0.05, 0) is 61.6 Å². The molecule has 1 N–H and O–H groups in total. The van der Waals surface area contributed by atoms with Crippen molar-refractivity contribution in [2.45, 2.75) is 20.0 Å². The molecule has 0 saturated heterocycles. The molecular weight excluding hydrogens is 385 g/mol. The molecule has 29 heavy (non-hydrogen) atoms. The number of alkyl halides is 3. The lowest BCUT2D eigenvalue weighted by Gasteiger charge is -2.17. The van der Waals surface area contributed by atoms with Crippen LogP contribution in [-0.2, 0) is 10.9 Å². The van der Waals surface area contributed by atoms with Crippen molar-refractivity contribution in [1.82, 2.24) is 4.90 Å². The van der Waals surface area contributed by atoms with Crippen LogP contribution in [0.1, 0.15) is 40.1 Å². The van der Waals surface area contributed by atoms with E-state index in [9.17, 15) is 22.8 Å². The Morgan fingerprint density at radius 2 is 1.48 bits per heavy atom. The summed E-state index contributed by atoms with van der Waals surface area (Å²) >= 11 is 0. The van der Waals surface area contributed by atoms with Crippen molar-refractivity contribution < 1.29 is 27.5 Å². The minimum atomic E-state index is -4.45. The number of likely N-dealkylation sites (N-methyl/N-ethyl adjacent to an activating group) is 1. The Labute approximate surface area is 167 Å². The first-order valence-electron chi connectivity index (χ1n) is 9.22. The Hall–Kier alpha value is -2.87. The Balaban J connectivity index is 1.91. The lowest BCUT2D eigenvalue weighted by Crippen LogP contribution is -2.27. The average Bonchev–Trinajstić information content (AvgIpc) is 2.71. The van der Waals surface area contributed by atoms with Crippen molar-refractivity contribution in [2.24, 2.45) is 0 Å². The fourth-order valence-corrected chi connectivity index (χ4v) is 2.59.